The van der Waals surface area contributed by atoms with E-state index in [4.69, 9.17) is 10.2 Å². The van der Waals surface area contributed by atoms with Crippen LogP contribution in [0.15, 0.2) is 24.0 Å². The van der Waals surface area contributed by atoms with Gasteiger partial charge in [0.25, 0.3) is 0 Å². The average Bonchev–Trinajstić information content (AvgIpc) is 2.42. The Morgan fingerprint density at radius 1 is 0.955 bits per heavy atom. The van der Waals surface area contributed by atoms with Crippen molar-refractivity contribution in [3.8, 4) is 0 Å². The molecule has 2 N–H and O–H groups in total. The third-order valence-corrected chi connectivity index (χ3v) is 2.69. The van der Waals surface area contributed by atoms with Gasteiger partial charge >= 0.3 is 17.9 Å². The van der Waals surface area contributed by atoms with Crippen LogP contribution < -0.4 is 0 Å². The standard InChI is InChI=1S/C12H20O4.C4H6O2/c1-3-5-7-9(11(13)14)10(12(15)16)8-6-4-2;1-3-6-4(2)5/h3-8H2,1-2H3,(H,13,14)(H,15,16);3H,1H2,2H3/b10-9-;. The molecule has 6 heteroatoms. The summed E-state index contributed by atoms with van der Waals surface area (Å²) in [6.45, 7) is 8.38. The van der Waals surface area contributed by atoms with E-state index in [1.165, 1.54) is 6.92 Å². The number of esters is 1. The number of aliphatic carboxylic acids is 2. The molecule has 0 saturated carbocycles. The first-order valence-corrected chi connectivity index (χ1v) is 7.28. The van der Waals surface area contributed by atoms with E-state index < -0.39 is 11.9 Å². The van der Waals surface area contributed by atoms with Gasteiger partial charge in [-0.3, -0.25) is 4.79 Å². The number of carbonyl (C=O) groups excluding carboxylic acids is 1. The van der Waals surface area contributed by atoms with Crippen LogP contribution in [0, 0.1) is 0 Å². The van der Waals surface area contributed by atoms with Gasteiger partial charge in [0.1, 0.15) is 0 Å². The van der Waals surface area contributed by atoms with Gasteiger partial charge in [-0.15, -0.1) is 0 Å². The van der Waals surface area contributed by atoms with Gasteiger partial charge in [0.05, 0.1) is 6.26 Å². The highest BCUT2D eigenvalue weighted by Crippen LogP contribution is 2.18. The minimum Gasteiger partial charge on any atom is -0.478 e. The van der Waals surface area contributed by atoms with Gasteiger partial charge in [-0.25, -0.2) is 9.59 Å². The summed E-state index contributed by atoms with van der Waals surface area (Å²) in [5, 5.41) is 18.0. The summed E-state index contributed by atoms with van der Waals surface area (Å²) < 4.78 is 4.17. The summed E-state index contributed by atoms with van der Waals surface area (Å²) in [5.41, 5.74) is 0.144. The average molecular weight is 314 g/mol. The highest BCUT2D eigenvalue weighted by Gasteiger charge is 2.18. The highest BCUT2D eigenvalue weighted by molar-refractivity contribution is 5.98. The number of carboxylic acids is 2. The topological polar surface area (TPSA) is 101 Å². The second-order valence-corrected chi connectivity index (χ2v) is 4.55. The summed E-state index contributed by atoms with van der Waals surface area (Å²) in [5.74, 6) is -2.52. The number of carbonyl (C=O) groups is 3. The Balaban J connectivity index is 0. The van der Waals surface area contributed by atoms with Crippen LogP contribution in [0.1, 0.15) is 59.3 Å². The number of ether oxygens (including phenoxy) is 1. The van der Waals surface area contributed by atoms with Crippen molar-refractivity contribution in [1.29, 1.82) is 0 Å². The van der Waals surface area contributed by atoms with Crippen LogP contribution in [0.3, 0.4) is 0 Å². The molecule has 0 fully saturated rings. The van der Waals surface area contributed by atoms with Crippen molar-refractivity contribution in [2.45, 2.75) is 59.3 Å². The molecule has 0 rings (SSSR count). The molecule has 0 aliphatic rings. The zero-order chi connectivity index (χ0) is 17.5. The number of hydrogen-bond acceptors (Lipinski definition) is 4. The van der Waals surface area contributed by atoms with E-state index in [2.05, 4.69) is 11.3 Å². The fraction of sp³-hybridized carbons (Fsp3) is 0.562. The van der Waals surface area contributed by atoms with Crippen LogP contribution in [-0.4, -0.2) is 28.1 Å². The van der Waals surface area contributed by atoms with E-state index in [9.17, 15) is 14.4 Å². The van der Waals surface area contributed by atoms with Crippen molar-refractivity contribution in [1.82, 2.24) is 0 Å². The predicted molar refractivity (Wildman–Crippen MR) is 83.3 cm³/mol. The third-order valence-electron chi connectivity index (χ3n) is 2.69. The lowest BCUT2D eigenvalue weighted by Gasteiger charge is -2.08. The molecule has 22 heavy (non-hydrogen) atoms. The van der Waals surface area contributed by atoms with Crippen molar-refractivity contribution in [3.63, 3.8) is 0 Å². The monoisotopic (exact) mass is 314 g/mol. The van der Waals surface area contributed by atoms with E-state index >= 15 is 0 Å². The molecule has 0 aliphatic carbocycles. The second kappa shape index (κ2) is 13.9. The van der Waals surface area contributed by atoms with Crippen LogP contribution in [0.25, 0.3) is 0 Å². The molecule has 0 heterocycles. The molecule has 0 spiro atoms. The maximum atomic E-state index is 11.0. The van der Waals surface area contributed by atoms with Crippen molar-refractivity contribution in [3.05, 3.63) is 24.0 Å². The molecule has 0 unspecified atom stereocenters. The van der Waals surface area contributed by atoms with Crippen LogP contribution >= 0.6 is 0 Å². The van der Waals surface area contributed by atoms with Gasteiger partial charge in [0.15, 0.2) is 0 Å². The lowest BCUT2D eigenvalue weighted by molar-refractivity contribution is -0.136. The molecule has 0 bridgehead atoms. The number of hydrogen-bond donors (Lipinski definition) is 2. The Morgan fingerprint density at radius 2 is 1.32 bits per heavy atom. The zero-order valence-corrected chi connectivity index (χ0v) is 13.6. The Labute approximate surface area is 131 Å². The lowest BCUT2D eigenvalue weighted by atomic mass is 9.98. The second-order valence-electron chi connectivity index (χ2n) is 4.55. The van der Waals surface area contributed by atoms with E-state index in [0.717, 1.165) is 19.1 Å². The minimum atomic E-state index is -1.10. The molecular formula is C16H26O6. The largest absolute Gasteiger partial charge is 0.478 e. The normalized spacial score (nSPS) is 10.7. The fourth-order valence-corrected chi connectivity index (χ4v) is 1.60. The van der Waals surface area contributed by atoms with E-state index in [1.807, 2.05) is 13.8 Å². The molecule has 0 aromatic heterocycles. The Morgan fingerprint density at radius 3 is 1.45 bits per heavy atom. The van der Waals surface area contributed by atoms with Crippen LogP contribution in [-0.2, 0) is 19.1 Å². The van der Waals surface area contributed by atoms with Crippen LogP contribution in [0.5, 0.6) is 0 Å². The van der Waals surface area contributed by atoms with Crippen LogP contribution in [0.2, 0.25) is 0 Å². The lowest BCUT2D eigenvalue weighted by Crippen LogP contribution is -2.11. The van der Waals surface area contributed by atoms with Crippen molar-refractivity contribution >= 4 is 17.9 Å². The summed E-state index contributed by atoms with van der Waals surface area (Å²) in [4.78, 5) is 31.7. The third kappa shape index (κ3) is 11.7. The van der Waals surface area contributed by atoms with Gasteiger partial charge in [-0.2, -0.15) is 0 Å². The van der Waals surface area contributed by atoms with Gasteiger partial charge in [-0.1, -0.05) is 33.3 Å². The molecule has 0 radical (unpaired) electrons. The molecule has 0 amide bonds. The van der Waals surface area contributed by atoms with Gasteiger partial charge in [-0.05, 0) is 25.7 Å². The molecule has 126 valence electrons. The van der Waals surface area contributed by atoms with Gasteiger partial charge in [0, 0.05) is 18.1 Å². The van der Waals surface area contributed by atoms with Crippen molar-refractivity contribution in [2.75, 3.05) is 0 Å². The summed E-state index contributed by atoms with van der Waals surface area (Å²) >= 11 is 0. The smallest absolute Gasteiger partial charge is 0.332 e. The maximum Gasteiger partial charge on any atom is 0.332 e. The van der Waals surface area contributed by atoms with E-state index in [0.29, 0.717) is 25.7 Å². The maximum absolute atomic E-state index is 11.0. The molecule has 6 nitrogen and oxygen atoms in total. The van der Waals surface area contributed by atoms with Crippen LogP contribution in [0.4, 0.5) is 0 Å². The first-order chi connectivity index (χ1) is 10.3. The van der Waals surface area contributed by atoms with Gasteiger partial charge in [0.2, 0.25) is 0 Å². The summed E-state index contributed by atoms with van der Waals surface area (Å²) in [6.07, 6.45) is 4.93. The van der Waals surface area contributed by atoms with E-state index in [-0.39, 0.29) is 17.1 Å². The summed E-state index contributed by atoms with van der Waals surface area (Å²) in [7, 11) is 0. The van der Waals surface area contributed by atoms with Crippen molar-refractivity contribution in [2.24, 2.45) is 0 Å². The Hall–Kier alpha value is -2.11. The molecule has 0 aliphatic heterocycles. The first kappa shape index (κ1) is 22.2. The van der Waals surface area contributed by atoms with Gasteiger partial charge < -0.3 is 14.9 Å². The highest BCUT2D eigenvalue weighted by atomic mass is 16.5. The molecule has 0 saturated heterocycles. The van der Waals surface area contributed by atoms with E-state index in [1.54, 1.807) is 0 Å². The number of carboxylic acid groups (broad SMARTS) is 2. The molecule has 0 atom stereocenters. The SMILES string of the molecule is C=COC(C)=O.CCCC/C(C(=O)O)=C(\CCCC)C(=O)O. The zero-order valence-electron chi connectivity index (χ0n) is 13.6. The molecule has 0 aromatic rings. The Bertz CT molecular complexity index is 381. The van der Waals surface area contributed by atoms with Crippen molar-refractivity contribution < 1.29 is 29.3 Å². The quantitative estimate of drug-likeness (QED) is 0.383. The number of unbranched alkanes of at least 4 members (excludes halogenated alkanes) is 2. The fourth-order valence-electron chi connectivity index (χ4n) is 1.60. The predicted octanol–water partition coefficient (Wildman–Crippen LogP) is 3.53. The molecular weight excluding hydrogens is 288 g/mol. The minimum absolute atomic E-state index is 0.0720. The molecule has 0 aromatic carbocycles. The summed E-state index contributed by atoms with van der Waals surface area (Å²) in [6, 6.07) is 0. The number of rotatable bonds is 9. The Kier molecular flexibility index (Phi) is 14.0. The first-order valence-electron chi connectivity index (χ1n) is 7.28.